The fourth-order valence-electron chi connectivity index (χ4n) is 2.17. The van der Waals surface area contributed by atoms with Gasteiger partial charge < -0.3 is 4.90 Å². The first kappa shape index (κ1) is 10.9. The van der Waals surface area contributed by atoms with Crippen molar-refractivity contribution in [2.45, 2.75) is 25.8 Å². The minimum Gasteiger partial charge on any atom is -0.363 e. The highest BCUT2D eigenvalue weighted by atomic mass is 19.1. The van der Waals surface area contributed by atoms with Crippen molar-refractivity contribution in [3.63, 3.8) is 0 Å². The summed E-state index contributed by atoms with van der Waals surface area (Å²) in [6.45, 7) is 2.76. The van der Waals surface area contributed by atoms with E-state index < -0.39 is 10.7 Å². The molecule has 1 aliphatic heterocycles. The molecule has 1 heterocycles. The van der Waals surface area contributed by atoms with Crippen LogP contribution in [0.2, 0.25) is 0 Å². The number of nitro groups is 1. The van der Waals surface area contributed by atoms with E-state index in [4.69, 9.17) is 0 Å². The summed E-state index contributed by atoms with van der Waals surface area (Å²) in [7, 11) is 0. The largest absolute Gasteiger partial charge is 0.363 e. The molecule has 5 heteroatoms. The van der Waals surface area contributed by atoms with Crippen molar-refractivity contribution >= 4 is 11.4 Å². The summed E-state index contributed by atoms with van der Waals surface area (Å²) in [6.07, 6.45) is 1.99. The van der Waals surface area contributed by atoms with Gasteiger partial charge in [0, 0.05) is 24.7 Å². The Morgan fingerprint density at radius 2 is 2.31 bits per heavy atom. The second kappa shape index (κ2) is 4.08. The van der Waals surface area contributed by atoms with E-state index in [2.05, 4.69) is 0 Å². The van der Waals surface area contributed by atoms with Gasteiger partial charge >= 0.3 is 0 Å². The fraction of sp³-hybridized carbons (Fsp3) is 0.455. The number of hydrogen-bond acceptors (Lipinski definition) is 3. The van der Waals surface area contributed by atoms with Crippen LogP contribution in [-0.4, -0.2) is 17.5 Å². The Morgan fingerprint density at radius 3 is 2.88 bits per heavy atom. The number of anilines is 1. The molecule has 2 rings (SSSR count). The average Bonchev–Trinajstić information content (AvgIpc) is 2.63. The first-order chi connectivity index (χ1) is 7.59. The van der Waals surface area contributed by atoms with Gasteiger partial charge in [-0.1, -0.05) is 0 Å². The molecule has 0 radical (unpaired) electrons. The lowest BCUT2D eigenvalue weighted by Gasteiger charge is -2.23. The topological polar surface area (TPSA) is 46.4 Å². The molecular formula is C11H13FN2O2. The monoisotopic (exact) mass is 224 g/mol. The SMILES string of the molecule is C[C@H]1CCCN1c1cc(F)ccc1[N+](=O)[O-]. The standard InChI is InChI=1S/C11H13FN2O2/c1-8-3-2-6-13(8)11-7-9(12)4-5-10(11)14(15)16/h4-5,7-8H,2-3,6H2,1H3/t8-/m0/s1. The van der Waals surface area contributed by atoms with Crippen molar-refractivity contribution in [2.24, 2.45) is 0 Å². The number of nitro benzene ring substituents is 1. The van der Waals surface area contributed by atoms with E-state index in [-0.39, 0.29) is 11.7 Å². The quantitative estimate of drug-likeness (QED) is 0.573. The number of nitrogens with zero attached hydrogens (tertiary/aromatic N) is 2. The molecule has 1 aromatic rings. The normalized spacial score (nSPS) is 20.1. The summed E-state index contributed by atoms with van der Waals surface area (Å²) in [4.78, 5) is 12.3. The molecule has 1 aromatic carbocycles. The number of halogens is 1. The molecule has 1 atom stereocenters. The van der Waals surface area contributed by atoms with Crippen molar-refractivity contribution in [1.29, 1.82) is 0 Å². The molecule has 0 spiro atoms. The van der Waals surface area contributed by atoms with E-state index in [9.17, 15) is 14.5 Å². The van der Waals surface area contributed by atoms with E-state index in [1.54, 1.807) is 0 Å². The summed E-state index contributed by atoms with van der Waals surface area (Å²) < 4.78 is 13.1. The van der Waals surface area contributed by atoms with Crippen LogP contribution in [0.25, 0.3) is 0 Å². The van der Waals surface area contributed by atoms with E-state index in [1.165, 1.54) is 12.1 Å². The summed E-state index contributed by atoms with van der Waals surface area (Å²) in [5.41, 5.74) is 0.380. The van der Waals surface area contributed by atoms with Crippen LogP contribution in [0.1, 0.15) is 19.8 Å². The zero-order valence-corrected chi connectivity index (χ0v) is 9.02. The van der Waals surface area contributed by atoms with Gasteiger partial charge in [0.25, 0.3) is 5.69 Å². The molecule has 1 saturated heterocycles. The molecule has 16 heavy (non-hydrogen) atoms. The van der Waals surface area contributed by atoms with Crippen LogP contribution >= 0.6 is 0 Å². The first-order valence-corrected chi connectivity index (χ1v) is 5.30. The third-order valence-electron chi connectivity index (χ3n) is 3.00. The predicted molar refractivity (Wildman–Crippen MR) is 59.1 cm³/mol. The molecule has 0 aromatic heterocycles. The average molecular weight is 224 g/mol. The van der Waals surface area contributed by atoms with E-state index >= 15 is 0 Å². The molecule has 0 amide bonds. The minimum absolute atomic E-state index is 0.0184. The van der Waals surface area contributed by atoms with Crippen LogP contribution in [0.3, 0.4) is 0 Å². The first-order valence-electron chi connectivity index (χ1n) is 5.30. The maximum Gasteiger partial charge on any atom is 0.292 e. The summed E-state index contributed by atoms with van der Waals surface area (Å²) in [6, 6.07) is 3.85. The zero-order chi connectivity index (χ0) is 11.7. The van der Waals surface area contributed by atoms with Crippen LogP contribution < -0.4 is 4.90 Å². The number of rotatable bonds is 2. The fourth-order valence-corrected chi connectivity index (χ4v) is 2.17. The Hall–Kier alpha value is -1.65. The highest BCUT2D eigenvalue weighted by molar-refractivity contribution is 5.64. The van der Waals surface area contributed by atoms with Crippen LogP contribution in [-0.2, 0) is 0 Å². The van der Waals surface area contributed by atoms with Crippen LogP contribution in [0.5, 0.6) is 0 Å². The molecular weight excluding hydrogens is 211 g/mol. The maximum absolute atomic E-state index is 13.1. The summed E-state index contributed by atoms with van der Waals surface area (Å²) in [5.74, 6) is -0.431. The molecule has 4 nitrogen and oxygen atoms in total. The van der Waals surface area contributed by atoms with Gasteiger partial charge in [-0.3, -0.25) is 10.1 Å². The third kappa shape index (κ3) is 1.85. The van der Waals surface area contributed by atoms with E-state index in [0.29, 0.717) is 5.69 Å². The van der Waals surface area contributed by atoms with Crippen molar-refractivity contribution < 1.29 is 9.31 Å². The molecule has 1 aliphatic rings. The van der Waals surface area contributed by atoms with Gasteiger partial charge in [-0.05, 0) is 25.8 Å². The lowest BCUT2D eigenvalue weighted by Crippen LogP contribution is -2.27. The van der Waals surface area contributed by atoms with Gasteiger partial charge in [0.15, 0.2) is 0 Å². The number of hydrogen-bond donors (Lipinski definition) is 0. The van der Waals surface area contributed by atoms with E-state index in [0.717, 1.165) is 25.5 Å². The molecule has 0 bridgehead atoms. The molecule has 0 aliphatic carbocycles. The Balaban J connectivity index is 2.44. The zero-order valence-electron chi connectivity index (χ0n) is 9.02. The smallest absolute Gasteiger partial charge is 0.292 e. The lowest BCUT2D eigenvalue weighted by molar-refractivity contribution is -0.384. The van der Waals surface area contributed by atoms with Crippen molar-refractivity contribution in [3.8, 4) is 0 Å². The maximum atomic E-state index is 13.1. The summed E-state index contributed by atoms with van der Waals surface area (Å²) in [5, 5.41) is 10.9. The van der Waals surface area contributed by atoms with Gasteiger partial charge in [0.1, 0.15) is 11.5 Å². The van der Waals surface area contributed by atoms with Crippen LogP contribution in [0, 0.1) is 15.9 Å². The molecule has 0 unspecified atom stereocenters. The molecule has 1 fully saturated rings. The molecule has 86 valence electrons. The highest BCUT2D eigenvalue weighted by Gasteiger charge is 2.27. The van der Waals surface area contributed by atoms with Gasteiger partial charge in [-0.15, -0.1) is 0 Å². The Labute approximate surface area is 92.8 Å². The second-order valence-corrected chi connectivity index (χ2v) is 4.07. The Kier molecular flexibility index (Phi) is 2.77. The van der Waals surface area contributed by atoms with Crippen molar-refractivity contribution in [1.82, 2.24) is 0 Å². The van der Waals surface area contributed by atoms with Gasteiger partial charge in [-0.25, -0.2) is 4.39 Å². The van der Waals surface area contributed by atoms with E-state index in [1.807, 2.05) is 11.8 Å². The highest BCUT2D eigenvalue weighted by Crippen LogP contribution is 2.33. The van der Waals surface area contributed by atoms with Crippen molar-refractivity contribution in [3.05, 3.63) is 34.1 Å². The Morgan fingerprint density at radius 1 is 1.56 bits per heavy atom. The molecule has 0 N–H and O–H groups in total. The lowest BCUT2D eigenvalue weighted by atomic mass is 10.2. The molecule has 0 saturated carbocycles. The second-order valence-electron chi connectivity index (χ2n) is 4.07. The number of benzene rings is 1. The van der Waals surface area contributed by atoms with Gasteiger partial charge in [0.05, 0.1) is 4.92 Å². The van der Waals surface area contributed by atoms with Gasteiger partial charge in [-0.2, -0.15) is 0 Å². The van der Waals surface area contributed by atoms with Crippen LogP contribution in [0.15, 0.2) is 18.2 Å². The summed E-state index contributed by atoms with van der Waals surface area (Å²) >= 11 is 0. The van der Waals surface area contributed by atoms with Crippen LogP contribution in [0.4, 0.5) is 15.8 Å². The third-order valence-corrected chi connectivity index (χ3v) is 3.00. The Bertz CT molecular complexity index is 422. The van der Waals surface area contributed by atoms with Crippen molar-refractivity contribution in [2.75, 3.05) is 11.4 Å². The predicted octanol–water partition coefficient (Wildman–Crippen LogP) is 2.72. The van der Waals surface area contributed by atoms with Gasteiger partial charge in [0.2, 0.25) is 0 Å². The minimum atomic E-state index is -0.459.